The molecule has 3 unspecified atom stereocenters. The van der Waals surface area contributed by atoms with Gasteiger partial charge in [0.1, 0.15) is 0 Å². The number of rotatable bonds is 1. The van der Waals surface area contributed by atoms with Crippen LogP contribution < -0.4 is 0 Å². The van der Waals surface area contributed by atoms with E-state index in [1.165, 1.54) is 12.8 Å². The SMILES string of the molecule is CC1CCCN(C(=O)C2CC=CCC2C)C1. The lowest BCUT2D eigenvalue weighted by Crippen LogP contribution is -2.44. The van der Waals surface area contributed by atoms with Crippen molar-refractivity contribution in [2.45, 2.75) is 39.5 Å². The van der Waals surface area contributed by atoms with Gasteiger partial charge in [-0.25, -0.2) is 0 Å². The van der Waals surface area contributed by atoms with Crippen LogP contribution in [0.25, 0.3) is 0 Å². The van der Waals surface area contributed by atoms with Gasteiger partial charge in [0.25, 0.3) is 0 Å². The first kappa shape index (κ1) is 11.7. The Morgan fingerprint density at radius 2 is 2.00 bits per heavy atom. The summed E-state index contributed by atoms with van der Waals surface area (Å²) in [7, 11) is 0. The van der Waals surface area contributed by atoms with Crippen LogP contribution in [-0.4, -0.2) is 23.9 Å². The maximum absolute atomic E-state index is 12.4. The van der Waals surface area contributed by atoms with Gasteiger partial charge < -0.3 is 4.90 Å². The summed E-state index contributed by atoms with van der Waals surface area (Å²) in [4.78, 5) is 14.5. The van der Waals surface area contributed by atoms with Gasteiger partial charge in [-0.05, 0) is 37.5 Å². The van der Waals surface area contributed by atoms with E-state index in [1.54, 1.807) is 0 Å². The molecule has 1 fully saturated rings. The first-order valence-electron chi connectivity index (χ1n) is 6.62. The fraction of sp³-hybridized carbons (Fsp3) is 0.786. The zero-order valence-corrected chi connectivity index (χ0v) is 10.5. The second-order valence-corrected chi connectivity index (χ2v) is 5.56. The Bertz CT molecular complexity index is 284. The first-order valence-corrected chi connectivity index (χ1v) is 6.62. The van der Waals surface area contributed by atoms with Gasteiger partial charge >= 0.3 is 0 Å². The molecule has 0 aromatic rings. The zero-order chi connectivity index (χ0) is 11.5. The molecule has 0 saturated carbocycles. The fourth-order valence-electron chi connectivity index (χ4n) is 2.92. The summed E-state index contributed by atoms with van der Waals surface area (Å²) in [6.07, 6.45) is 8.88. The van der Waals surface area contributed by atoms with Crippen molar-refractivity contribution < 1.29 is 4.79 Å². The molecule has 16 heavy (non-hydrogen) atoms. The molecule has 2 aliphatic rings. The van der Waals surface area contributed by atoms with Crippen LogP contribution in [0, 0.1) is 17.8 Å². The molecule has 1 saturated heterocycles. The van der Waals surface area contributed by atoms with Gasteiger partial charge in [0, 0.05) is 19.0 Å². The average molecular weight is 221 g/mol. The number of amides is 1. The Labute approximate surface area is 98.7 Å². The lowest BCUT2D eigenvalue weighted by Gasteiger charge is -2.35. The molecule has 0 spiro atoms. The molecule has 3 atom stereocenters. The van der Waals surface area contributed by atoms with Crippen molar-refractivity contribution in [1.82, 2.24) is 4.90 Å². The van der Waals surface area contributed by atoms with Gasteiger partial charge in [0.2, 0.25) is 5.91 Å². The third kappa shape index (κ3) is 2.47. The topological polar surface area (TPSA) is 20.3 Å². The van der Waals surface area contributed by atoms with Crippen LogP contribution in [0.15, 0.2) is 12.2 Å². The number of carbonyl (C=O) groups is 1. The average Bonchev–Trinajstić information content (AvgIpc) is 2.29. The number of piperidine rings is 1. The molecular weight excluding hydrogens is 198 g/mol. The predicted octanol–water partition coefficient (Wildman–Crippen LogP) is 2.85. The van der Waals surface area contributed by atoms with E-state index in [4.69, 9.17) is 0 Å². The van der Waals surface area contributed by atoms with Gasteiger partial charge in [0.05, 0.1) is 0 Å². The Morgan fingerprint density at radius 1 is 1.25 bits per heavy atom. The summed E-state index contributed by atoms with van der Waals surface area (Å²) in [6, 6.07) is 0. The lowest BCUT2D eigenvalue weighted by molar-refractivity contribution is -0.139. The summed E-state index contributed by atoms with van der Waals surface area (Å²) in [6.45, 7) is 6.42. The predicted molar refractivity (Wildman–Crippen MR) is 66.0 cm³/mol. The zero-order valence-electron chi connectivity index (χ0n) is 10.5. The molecule has 0 bridgehead atoms. The molecule has 0 aromatic carbocycles. The third-order valence-electron chi connectivity index (χ3n) is 4.04. The van der Waals surface area contributed by atoms with Crippen LogP contribution in [0.4, 0.5) is 0 Å². The van der Waals surface area contributed by atoms with Crippen LogP contribution >= 0.6 is 0 Å². The van der Waals surface area contributed by atoms with E-state index in [1.807, 2.05) is 0 Å². The smallest absolute Gasteiger partial charge is 0.226 e. The number of nitrogens with zero attached hydrogens (tertiary/aromatic N) is 1. The van der Waals surface area contributed by atoms with Crippen molar-refractivity contribution in [1.29, 1.82) is 0 Å². The number of likely N-dealkylation sites (tertiary alicyclic amines) is 1. The minimum Gasteiger partial charge on any atom is -0.342 e. The second kappa shape index (κ2) is 5.03. The highest BCUT2D eigenvalue weighted by molar-refractivity contribution is 5.79. The quantitative estimate of drug-likeness (QED) is 0.623. The third-order valence-corrected chi connectivity index (χ3v) is 4.04. The van der Waals surface area contributed by atoms with E-state index < -0.39 is 0 Å². The highest BCUT2D eigenvalue weighted by Gasteiger charge is 2.31. The minimum absolute atomic E-state index is 0.246. The molecule has 1 heterocycles. The van der Waals surface area contributed by atoms with Crippen LogP contribution in [-0.2, 0) is 4.79 Å². The molecule has 2 heteroatoms. The van der Waals surface area contributed by atoms with E-state index in [2.05, 4.69) is 30.9 Å². The van der Waals surface area contributed by atoms with E-state index in [-0.39, 0.29) is 5.92 Å². The highest BCUT2D eigenvalue weighted by Crippen LogP contribution is 2.28. The van der Waals surface area contributed by atoms with Crippen LogP contribution in [0.1, 0.15) is 39.5 Å². The van der Waals surface area contributed by atoms with E-state index in [0.29, 0.717) is 17.7 Å². The molecular formula is C14H23NO. The molecule has 1 aliphatic heterocycles. The van der Waals surface area contributed by atoms with Crippen LogP contribution in [0.3, 0.4) is 0 Å². The molecule has 2 nitrogen and oxygen atoms in total. The molecule has 1 aliphatic carbocycles. The maximum Gasteiger partial charge on any atom is 0.226 e. The normalized spacial score (nSPS) is 35.1. The van der Waals surface area contributed by atoms with Crippen molar-refractivity contribution in [2.24, 2.45) is 17.8 Å². The van der Waals surface area contributed by atoms with Crippen molar-refractivity contribution in [3.8, 4) is 0 Å². The summed E-state index contributed by atoms with van der Waals surface area (Å²) in [5.74, 6) is 1.86. The standard InChI is InChI=1S/C14H23NO/c1-11-6-5-9-15(10-11)14(16)13-8-4-3-7-12(13)2/h3-4,11-13H,5-10H2,1-2H3. The fourth-order valence-corrected chi connectivity index (χ4v) is 2.92. The lowest BCUT2D eigenvalue weighted by atomic mass is 9.83. The van der Waals surface area contributed by atoms with Crippen LogP contribution in [0.2, 0.25) is 0 Å². The number of allylic oxidation sites excluding steroid dienone is 2. The van der Waals surface area contributed by atoms with Crippen molar-refractivity contribution in [2.75, 3.05) is 13.1 Å². The van der Waals surface area contributed by atoms with Crippen molar-refractivity contribution in [3.63, 3.8) is 0 Å². The van der Waals surface area contributed by atoms with Gasteiger partial charge in [-0.15, -0.1) is 0 Å². The van der Waals surface area contributed by atoms with Gasteiger partial charge in [-0.1, -0.05) is 26.0 Å². The summed E-state index contributed by atoms with van der Waals surface area (Å²) < 4.78 is 0. The largest absolute Gasteiger partial charge is 0.342 e. The Kier molecular flexibility index (Phi) is 3.67. The summed E-state index contributed by atoms with van der Waals surface area (Å²) in [5, 5.41) is 0. The molecule has 0 radical (unpaired) electrons. The molecule has 0 N–H and O–H groups in total. The van der Waals surface area contributed by atoms with Gasteiger partial charge in [-0.2, -0.15) is 0 Å². The highest BCUT2D eigenvalue weighted by atomic mass is 16.2. The monoisotopic (exact) mass is 221 g/mol. The van der Waals surface area contributed by atoms with E-state index in [0.717, 1.165) is 25.9 Å². The van der Waals surface area contributed by atoms with Crippen LogP contribution in [0.5, 0.6) is 0 Å². The Morgan fingerprint density at radius 3 is 2.69 bits per heavy atom. The molecule has 0 aromatic heterocycles. The van der Waals surface area contributed by atoms with E-state index in [9.17, 15) is 4.79 Å². The maximum atomic E-state index is 12.4. The summed E-state index contributed by atoms with van der Waals surface area (Å²) >= 11 is 0. The Balaban J connectivity index is 1.98. The summed E-state index contributed by atoms with van der Waals surface area (Å²) in [5.41, 5.74) is 0. The molecule has 1 amide bonds. The number of carbonyl (C=O) groups excluding carboxylic acids is 1. The first-order chi connectivity index (χ1) is 7.68. The minimum atomic E-state index is 0.246. The van der Waals surface area contributed by atoms with Crippen molar-refractivity contribution in [3.05, 3.63) is 12.2 Å². The molecule has 90 valence electrons. The number of hydrogen-bond acceptors (Lipinski definition) is 1. The Hall–Kier alpha value is -0.790. The molecule has 2 rings (SSSR count). The van der Waals surface area contributed by atoms with Gasteiger partial charge in [0.15, 0.2) is 0 Å². The van der Waals surface area contributed by atoms with Gasteiger partial charge in [-0.3, -0.25) is 4.79 Å². The van der Waals surface area contributed by atoms with Crippen molar-refractivity contribution >= 4 is 5.91 Å². The second-order valence-electron chi connectivity index (χ2n) is 5.56. The number of hydrogen-bond donors (Lipinski definition) is 0. The van der Waals surface area contributed by atoms with E-state index >= 15 is 0 Å².